The fourth-order valence-electron chi connectivity index (χ4n) is 3.27. The Morgan fingerprint density at radius 1 is 1.23 bits per heavy atom. The third-order valence-corrected chi connectivity index (χ3v) is 7.06. The number of hydrogen-bond acceptors (Lipinski definition) is 6. The monoisotopic (exact) mass is 445 g/mol. The summed E-state index contributed by atoms with van der Waals surface area (Å²) in [5.74, 6) is -0.0668. The second-order valence-electron chi connectivity index (χ2n) is 7.18. The van der Waals surface area contributed by atoms with E-state index in [1.54, 1.807) is 11.0 Å². The molecule has 1 aliphatic heterocycles. The lowest BCUT2D eigenvalue weighted by molar-refractivity contribution is -0.116. The number of ether oxygens (including phenoxy) is 1. The Balaban J connectivity index is 1.51. The predicted octanol–water partition coefficient (Wildman–Crippen LogP) is 4.20. The van der Waals surface area contributed by atoms with E-state index in [-0.39, 0.29) is 11.7 Å². The van der Waals surface area contributed by atoms with Gasteiger partial charge in [-0.2, -0.15) is 0 Å². The van der Waals surface area contributed by atoms with Crippen LogP contribution < -0.4 is 4.90 Å². The van der Waals surface area contributed by atoms with Crippen LogP contribution in [0.15, 0.2) is 47.4 Å². The first-order valence-electron chi connectivity index (χ1n) is 9.95. The van der Waals surface area contributed by atoms with Crippen LogP contribution in [0.25, 0.3) is 10.2 Å². The number of hydrogen-bond donors (Lipinski definition) is 0. The molecule has 2 heterocycles. The quantitative estimate of drug-likeness (QED) is 0.510. The van der Waals surface area contributed by atoms with Gasteiger partial charge in [0.25, 0.3) is 0 Å². The Labute approximate surface area is 183 Å². The first-order chi connectivity index (χ1) is 14.6. The van der Waals surface area contributed by atoms with Gasteiger partial charge in [0.05, 0.1) is 23.7 Å². The normalized spacial score (nSPS) is 14.9. The minimum atomic E-state index is -0.357. The van der Waals surface area contributed by atoms with Crippen molar-refractivity contribution >= 4 is 44.4 Å². The average Bonchev–Trinajstić information content (AvgIpc) is 3.19. The Morgan fingerprint density at radius 3 is 2.73 bits per heavy atom. The summed E-state index contributed by atoms with van der Waals surface area (Å²) >= 11 is 2.87. The molecular formula is C22H24FN3O2S2. The first kappa shape index (κ1) is 21.2. The van der Waals surface area contributed by atoms with E-state index in [2.05, 4.69) is 9.88 Å². The summed E-state index contributed by atoms with van der Waals surface area (Å²) in [7, 11) is 0. The molecule has 3 aromatic rings. The van der Waals surface area contributed by atoms with Crippen molar-refractivity contribution in [2.24, 2.45) is 0 Å². The number of thioether (sulfide) groups is 1. The topological polar surface area (TPSA) is 45.7 Å². The lowest BCUT2D eigenvalue weighted by atomic mass is 10.2. The minimum Gasteiger partial charge on any atom is -0.379 e. The highest BCUT2D eigenvalue weighted by atomic mass is 32.2. The lowest BCUT2D eigenvalue weighted by Crippen LogP contribution is -2.43. The van der Waals surface area contributed by atoms with Crippen molar-refractivity contribution in [3.8, 4) is 0 Å². The number of morpholine rings is 1. The summed E-state index contributed by atoms with van der Waals surface area (Å²) in [6.07, 6.45) is 0. The molecule has 1 amide bonds. The highest BCUT2D eigenvalue weighted by Crippen LogP contribution is 2.31. The van der Waals surface area contributed by atoms with Crippen LogP contribution in [0.2, 0.25) is 0 Å². The fraction of sp³-hybridized carbons (Fsp3) is 0.364. The molecule has 0 radical (unpaired) electrons. The summed E-state index contributed by atoms with van der Waals surface area (Å²) in [6.45, 7) is 6.44. The number of aromatic nitrogens is 1. The zero-order valence-electron chi connectivity index (χ0n) is 16.8. The van der Waals surface area contributed by atoms with Crippen molar-refractivity contribution < 1.29 is 13.9 Å². The van der Waals surface area contributed by atoms with Gasteiger partial charge in [0.1, 0.15) is 11.3 Å². The Hall–Kier alpha value is -2.00. The van der Waals surface area contributed by atoms with Gasteiger partial charge in [-0.3, -0.25) is 14.6 Å². The van der Waals surface area contributed by atoms with Crippen molar-refractivity contribution in [2.45, 2.75) is 11.8 Å². The number of amides is 1. The zero-order chi connectivity index (χ0) is 20.9. The van der Waals surface area contributed by atoms with Crippen LogP contribution in [-0.4, -0.2) is 60.9 Å². The van der Waals surface area contributed by atoms with Gasteiger partial charge in [-0.15, -0.1) is 11.8 Å². The number of carbonyl (C=O) groups excluding carboxylic acids is 1. The Kier molecular flexibility index (Phi) is 6.99. The van der Waals surface area contributed by atoms with E-state index >= 15 is 0 Å². The van der Waals surface area contributed by atoms with Gasteiger partial charge in [0.15, 0.2) is 5.13 Å². The molecule has 1 saturated heterocycles. The minimum absolute atomic E-state index is 0.0201. The van der Waals surface area contributed by atoms with Gasteiger partial charge in [-0.1, -0.05) is 35.1 Å². The van der Waals surface area contributed by atoms with E-state index in [4.69, 9.17) is 4.74 Å². The van der Waals surface area contributed by atoms with Gasteiger partial charge in [-0.25, -0.2) is 9.37 Å². The van der Waals surface area contributed by atoms with Crippen molar-refractivity contribution in [3.05, 3.63) is 53.8 Å². The van der Waals surface area contributed by atoms with Gasteiger partial charge >= 0.3 is 0 Å². The molecule has 0 aliphatic carbocycles. The molecule has 1 aliphatic rings. The molecule has 0 atom stereocenters. The molecule has 0 saturated carbocycles. The fourth-order valence-corrected chi connectivity index (χ4v) is 5.07. The van der Waals surface area contributed by atoms with Crippen LogP contribution in [0.5, 0.6) is 0 Å². The third kappa shape index (κ3) is 5.18. The predicted molar refractivity (Wildman–Crippen MR) is 121 cm³/mol. The number of anilines is 1. The highest BCUT2D eigenvalue weighted by Gasteiger charge is 2.22. The second-order valence-corrected chi connectivity index (χ2v) is 9.24. The van der Waals surface area contributed by atoms with E-state index in [0.717, 1.165) is 29.2 Å². The molecule has 0 spiro atoms. The van der Waals surface area contributed by atoms with Crippen LogP contribution >= 0.6 is 23.1 Å². The van der Waals surface area contributed by atoms with E-state index in [1.807, 2.05) is 37.3 Å². The van der Waals surface area contributed by atoms with Gasteiger partial charge in [0, 0.05) is 31.1 Å². The molecule has 158 valence electrons. The third-order valence-electron chi connectivity index (χ3n) is 5.02. The van der Waals surface area contributed by atoms with Crippen molar-refractivity contribution in [2.75, 3.05) is 50.0 Å². The van der Waals surface area contributed by atoms with E-state index in [9.17, 15) is 9.18 Å². The van der Waals surface area contributed by atoms with Crippen LogP contribution in [0.1, 0.15) is 5.56 Å². The summed E-state index contributed by atoms with van der Waals surface area (Å²) < 4.78 is 20.3. The summed E-state index contributed by atoms with van der Waals surface area (Å²) in [5.41, 5.74) is 1.52. The second kappa shape index (κ2) is 9.87. The van der Waals surface area contributed by atoms with Crippen LogP contribution in [0, 0.1) is 12.7 Å². The standard InChI is InChI=1S/C22H24FN3O2S2/c1-16-5-7-17(8-6-16)29-15-20(27)26(10-9-25-11-13-28-14-12-25)22-24-21-18(23)3-2-4-19(21)30-22/h2-8H,9-15H2,1H3. The van der Waals surface area contributed by atoms with Gasteiger partial charge < -0.3 is 4.74 Å². The largest absolute Gasteiger partial charge is 0.379 e. The van der Waals surface area contributed by atoms with Crippen molar-refractivity contribution in [1.29, 1.82) is 0 Å². The maximum atomic E-state index is 14.2. The van der Waals surface area contributed by atoms with Gasteiger partial charge in [-0.05, 0) is 31.2 Å². The number of aryl methyl sites for hydroxylation is 1. The first-order valence-corrected chi connectivity index (χ1v) is 11.8. The Bertz CT molecular complexity index is 1000. The maximum absolute atomic E-state index is 14.2. The zero-order valence-corrected chi connectivity index (χ0v) is 18.5. The number of para-hydroxylation sites is 1. The smallest absolute Gasteiger partial charge is 0.239 e. The Morgan fingerprint density at radius 2 is 2.00 bits per heavy atom. The number of fused-ring (bicyclic) bond motifs is 1. The summed E-state index contributed by atoms with van der Waals surface area (Å²) in [4.78, 5) is 22.7. The summed E-state index contributed by atoms with van der Waals surface area (Å²) in [5, 5.41) is 0.554. The molecule has 0 unspecified atom stereocenters. The number of nitrogens with zero attached hydrogens (tertiary/aromatic N) is 3. The van der Waals surface area contributed by atoms with Crippen LogP contribution in [-0.2, 0) is 9.53 Å². The van der Waals surface area contributed by atoms with Crippen molar-refractivity contribution in [1.82, 2.24) is 9.88 Å². The number of halogens is 1. The number of carbonyl (C=O) groups is 1. The average molecular weight is 446 g/mol. The van der Waals surface area contributed by atoms with E-state index < -0.39 is 0 Å². The number of rotatable bonds is 7. The molecule has 1 fully saturated rings. The molecule has 8 heteroatoms. The maximum Gasteiger partial charge on any atom is 0.239 e. The van der Waals surface area contributed by atoms with Crippen LogP contribution in [0.4, 0.5) is 9.52 Å². The van der Waals surface area contributed by atoms with Crippen molar-refractivity contribution in [3.63, 3.8) is 0 Å². The molecule has 1 aromatic heterocycles. The van der Waals surface area contributed by atoms with E-state index in [0.29, 0.717) is 36.2 Å². The summed E-state index contributed by atoms with van der Waals surface area (Å²) in [6, 6.07) is 13.0. The van der Waals surface area contributed by atoms with Crippen LogP contribution in [0.3, 0.4) is 0 Å². The molecule has 4 rings (SSSR count). The number of thiazole rings is 1. The SMILES string of the molecule is Cc1ccc(SCC(=O)N(CCN2CCOCC2)c2nc3c(F)cccc3s2)cc1. The molecule has 0 bridgehead atoms. The molecule has 2 aromatic carbocycles. The highest BCUT2D eigenvalue weighted by molar-refractivity contribution is 8.00. The molecule has 0 N–H and O–H groups in total. The molecule has 30 heavy (non-hydrogen) atoms. The molecule has 5 nitrogen and oxygen atoms in total. The number of benzene rings is 2. The molecular weight excluding hydrogens is 421 g/mol. The van der Waals surface area contributed by atoms with Gasteiger partial charge in [0.2, 0.25) is 5.91 Å². The lowest BCUT2D eigenvalue weighted by Gasteiger charge is -2.29. The van der Waals surface area contributed by atoms with E-state index in [1.165, 1.54) is 34.7 Å².